The smallest absolute Gasteiger partial charge is 0.175 e. The number of rotatable bonds is 7. The highest BCUT2D eigenvalue weighted by molar-refractivity contribution is 4.87. The van der Waals surface area contributed by atoms with Gasteiger partial charge in [-0.25, -0.2) is 0 Å². The molecule has 0 aliphatic heterocycles. The number of hydrogen-bond donors (Lipinski definition) is 1. The Balaban J connectivity index is 1.90. The van der Waals surface area contributed by atoms with Gasteiger partial charge in [0.2, 0.25) is 0 Å². The van der Waals surface area contributed by atoms with Crippen molar-refractivity contribution in [2.24, 2.45) is 18.9 Å². The number of nitrogens with one attached hydrogen (secondary N) is 1. The van der Waals surface area contributed by atoms with Crippen molar-refractivity contribution in [1.29, 1.82) is 0 Å². The van der Waals surface area contributed by atoms with Gasteiger partial charge in [-0.2, -0.15) is 4.80 Å². The van der Waals surface area contributed by atoms with Crippen LogP contribution in [0.1, 0.15) is 44.9 Å². The lowest BCUT2D eigenvalue weighted by molar-refractivity contribution is 0.316. The largest absolute Gasteiger partial charge is 0.316 e. The van der Waals surface area contributed by atoms with Gasteiger partial charge in [0.15, 0.2) is 5.82 Å². The van der Waals surface area contributed by atoms with Crippen molar-refractivity contribution < 1.29 is 0 Å². The summed E-state index contributed by atoms with van der Waals surface area (Å²) >= 11 is 0. The molecule has 1 atom stereocenters. The predicted molar refractivity (Wildman–Crippen MR) is 71.1 cm³/mol. The van der Waals surface area contributed by atoms with Crippen molar-refractivity contribution in [3.05, 3.63) is 5.82 Å². The van der Waals surface area contributed by atoms with E-state index in [0.717, 1.165) is 31.3 Å². The van der Waals surface area contributed by atoms with E-state index in [4.69, 9.17) is 0 Å². The van der Waals surface area contributed by atoms with Crippen LogP contribution in [0.5, 0.6) is 0 Å². The number of tetrazole rings is 1. The molecule has 1 aromatic rings. The van der Waals surface area contributed by atoms with Crippen LogP contribution in [0.25, 0.3) is 0 Å². The summed E-state index contributed by atoms with van der Waals surface area (Å²) in [5.41, 5.74) is 0. The predicted octanol–water partition coefficient (Wildman–Crippen LogP) is 1.56. The highest BCUT2D eigenvalue weighted by Gasteiger charge is 2.26. The van der Waals surface area contributed by atoms with Crippen molar-refractivity contribution in [2.45, 2.75) is 45.4 Å². The van der Waals surface area contributed by atoms with Gasteiger partial charge in [0.05, 0.1) is 7.05 Å². The average molecular weight is 251 g/mol. The molecule has 1 aliphatic rings. The maximum atomic E-state index is 4.32. The van der Waals surface area contributed by atoms with Crippen LogP contribution in [0.3, 0.4) is 0 Å². The lowest BCUT2D eigenvalue weighted by Gasteiger charge is -2.22. The normalized spacial score (nSPS) is 18.3. The maximum absolute atomic E-state index is 4.32. The Labute approximate surface area is 109 Å². The molecule has 5 nitrogen and oxygen atoms in total. The second-order valence-electron chi connectivity index (χ2n) is 5.41. The molecule has 1 fully saturated rings. The fraction of sp³-hybridized carbons (Fsp3) is 0.923. The summed E-state index contributed by atoms with van der Waals surface area (Å²) in [5.74, 6) is 2.41. The minimum absolute atomic E-state index is 0.670. The van der Waals surface area contributed by atoms with Gasteiger partial charge in [-0.05, 0) is 36.6 Å². The van der Waals surface area contributed by atoms with Crippen LogP contribution >= 0.6 is 0 Å². The Morgan fingerprint density at radius 2 is 2.17 bits per heavy atom. The van der Waals surface area contributed by atoms with E-state index >= 15 is 0 Å². The minimum atomic E-state index is 0.670. The van der Waals surface area contributed by atoms with E-state index in [2.05, 4.69) is 27.7 Å². The first-order valence-corrected chi connectivity index (χ1v) is 7.23. The molecule has 0 radical (unpaired) electrons. The van der Waals surface area contributed by atoms with Crippen LogP contribution in [0.4, 0.5) is 0 Å². The summed E-state index contributed by atoms with van der Waals surface area (Å²) in [6.45, 7) is 4.41. The Morgan fingerprint density at radius 1 is 1.39 bits per heavy atom. The molecule has 0 amide bonds. The average Bonchev–Trinajstić information content (AvgIpc) is 2.99. The second-order valence-corrected chi connectivity index (χ2v) is 5.41. The van der Waals surface area contributed by atoms with E-state index in [9.17, 15) is 0 Å². The van der Waals surface area contributed by atoms with Crippen molar-refractivity contribution >= 4 is 0 Å². The number of aromatic nitrogens is 4. The minimum Gasteiger partial charge on any atom is -0.316 e. The third-order valence-electron chi connectivity index (χ3n) is 3.89. The van der Waals surface area contributed by atoms with Crippen LogP contribution in [0, 0.1) is 11.8 Å². The molecule has 1 saturated carbocycles. The molecule has 2 rings (SSSR count). The third-order valence-corrected chi connectivity index (χ3v) is 3.89. The van der Waals surface area contributed by atoms with Crippen molar-refractivity contribution in [2.75, 3.05) is 13.1 Å². The Morgan fingerprint density at radius 3 is 2.78 bits per heavy atom. The lowest BCUT2D eigenvalue weighted by Crippen LogP contribution is -2.29. The van der Waals surface area contributed by atoms with Gasteiger partial charge in [0.1, 0.15) is 0 Å². The molecule has 1 N–H and O–H groups in total. The van der Waals surface area contributed by atoms with Crippen molar-refractivity contribution in [1.82, 2.24) is 25.5 Å². The van der Waals surface area contributed by atoms with E-state index in [1.807, 2.05) is 7.05 Å². The Kier molecular flexibility index (Phi) is 5.11. The summed E-state index contributed by atoms with van der Waals surface area (Å²) in [6.07, 6.45) is 7.69. The standard InChI is InChI=1S/C13H25N5/c1-3-8-14-10-12(11-6-4-5-7-11)9-13-15-17-18(2)16-13/h11-12,14H,3-10H2,1-2H3. The molecule has 0 spiro atoms. The van der Waals surface area contributed by atoms with Gasteiger partial charge in [0, 0.05) is 6.42 Å². The van der Waals surface area contributed by atoms with Crippen molar-refractivity contribution in [3.63, 3.8) is 0 Å². The highest BCUT2D eigenvalue weighted by Crippen LogP contribution is 2.32. The molecule has 0 saturated heterocycles. The van der Waals surface area contributed by atoms with E-state index in [-0.39, 0.29) is 0 Å². The van der Waals surface area contributed by atoms with Gasteiger partial charge in [-0.1, -0.05) is 32.6 Å². The van der Waals surface area contributed by atoms with E-state index in [1.165, 1.54) is 32.1 Å². The van der Waals surface area contributed by atoms with E-state index in [1.54, 1.807) is 4.80 Å². The SMILES string of the molecule is CCCNCC(Cc1nnn(C)n1)C1CCCC1. The summed E-state index contributed by atoms with van der Waals surface area (Å²) < 4.78 is 0. The van der Waals surface area contributed by atoms with Gasteiger partial charge >= 0.3 is 0 Å². The number of hydrogen-bond acceptors (Lipinski definition) is 4. The molecule has 1 aromatic heterocycles. The van der Waals surface area contributed by atoms with Crippen molar-refractivity contribution in [3.8, 4) is 0 Å². The first-order valence-electron chi connectivity index (χ1n) is 7.23. The van der Waals surface area contributed by atoms with E-state index < -0.39 is 0 Å². The molecular weight excluding hydrogens is 226 g/mol. The number of aryl methyl sites for hydroxylation is 1. The molecule has 5 heteroatoms. The molecule has 1 unspecified atom stereocenters. The molecule has 18 heavy (non-hydrogen) atoms. The zero-order valence-electron chi connectivity index (χ0n) is 11.6. The van der Waals surface area contributed by atoms with Crippen LogP contribution < -0.4 is 5.32 Å². The second kappa shape index (κ2) is 6.83. The molecule has 1 heterocycles. The highest BCUT2D eigenvalue weighted by atomic mass is 15.6. The molecule has 0 bridgehead atoms. The lowest BCUT2D eigenvalue weighted by atomic mass is 9.88. The fourth-order valence-corrected chi connectivity index (χ4v) is 2.94. The fourth-order valence-electron chi connectivity index (χ4n) is 2.94. The monoisotopic (exact) mass is 251 g/mol. The topological polar surface area (TPSA) is 55.6 Å². The molecular formula is C13H25N5. The first kappa shape index (κ1) is 13.5. The quantitative estimate of drug-likeness (QED) is 0.747. The Bertz CT molecular complexity index is 343. The molecule has 102 valence electrons. The maximum Gasteiger partial charge on any atom is 0.175 e. The van der Waals surface area contributed by atoms with Crippen LogP contribution in [0.15, 0.2) is 0 Å². The molecule has 0 aromatic carbocycles. The zero-order chi connectivity index (χ0) is 12.8. The Hall–Kier alpha value is -0.970. The van der Waals surface area contributed by atoms with E-state index in [0.29, 0.717) is 5.92 Å². The van der Waals surface area contributed by atoms with Gasteiger partial charge in [-0.15, -0.1) is 10.2 Å². The first-order chi connectivity index (χ1) is 8.79. The third kappa shape index (κ3) is 3.77. The summed E-state index contributed by atoms with van der Waals surface area (Å²) in [5, 5.41) is 15.9. The van der Waals surface area contributed by atoms with Gasteiger partial charge in [0.25, 0.3) is 0 Å². The molecule has 1 aliphatic carbocycles. The number of nitrogens with zero attached hydrogens (tertiary/aromatic N) is 4. The summed E-state index contributed by atoms with van der Waals surface area (Å²) in [7, 11) is 1.83. The van der Waals surface area contributed by atoms with Gasteiger partial charge in [-0.3, -0.25) is 0 Å². The van der Waals surface area contributed by atoms with Gasteiger partial charge < -0.3 is 5.32 Å². The summed E-state index contributed by atoms with van der Waals surface area (Å²) in [6, 6.07) is 0. The zero-order valence-corrected chi connectivity index (χ0v) is 11.6. The van der Waals surface area contributed by atoms with Crippen LogP contribution in [0.2, 0.25) is 0 Å². The van der Waals surface area contributed by atoms with Crippen LogP contribution in [-0.2, 0) is 13.5 Å². The summed E-state index contributed by atoms with van der Waals surface area (Å²) in [4.78, 5) is 1.56. The van der Waals surface area contributed by atoms with Crippen LogP contribution in [-0.4, -0.2) is 33.3 Å².